The van der Waals surface area contributed by atoms with Crippen LogP contribution in [-0.4, -0.2) is 29.1 Å². The molecule has 0 radical (unpaired) electrons. The molecule has 2 amide bonds. The van der Waals surface area contributed by atoms with Gasteiger partial charge in [-0.15, -0.1) is 0 Å². The van der Waals surface area contributed by atoms with Crippen molar-refractivity contribution in [1.82, 2.24) is 5.32 Å². The largest absolute Gasteiger partial charge is 0.444 e. The van der Waals surface area contributed by atoms with E-state index in [0.717, 1.165) is 0 Å². The molecular weight excluding hydrogens is 304 g/mol. The summed E-state index contributed by atoms with van der Waals surface area (Å²) in [6.07, 6.45) is -0.620. The number of carbonyl (C=O) groups is 2. The fourth-order valence-electron chi connectivity index (χ4n) is 1.60. The van der Waals surface area contributed by atoms with Crippen molar-refractivity contribution < 1.29 is 19.2 Å². The molecule has 1 aromatic carbocycles. The molecule has 4 N–H and O–H groups in total. The van der Waals surface area contributed by atoms with Gasteiger partial charge in [0.25, 0.3) is 5.69 Å². The average Bonchev–Trinajstić information content (AvgIpc) is 2.38. The highest BCUT2D eigenvalue weighted by molar-refractivity contribution is 5.91. The number of nitro benzene ring substituents is 1. The lowest BCUT2D eigenvalue weighted by atomic mass is 10.2. The number of anilines is 2. The molecule has 0 aromatic heterocycles. The number of rotatable bonds is 5. The third-order valence-electron chi connectivity index (χ3n) is 2.53. The van der Waals surface area contributed by atoms with E-state index in [9.17, 15) is 19.7 Å². The molecule has 0 saturated heterocycles. The normalized spacial score (nSPS) is 10.7. The molecule has 9 nitrogen and oxygen atoms in total. The van der Waals surface area contributed by atoms with Crippen molar-refractivity contribution in [3.05, 3.63) is 28.3 Å². The summed E-state index contributed by atoms with van der Waals surface area (Å²) in [6, 6.07) is 3.97. The van der Waals surface area contributed by atoms with Crippen LogP contribution >= 0.6 is 0 Å². The lowest BCUT2D eigenvalue weighted by Crippen LogP contribution is -2.34. The summed E-state index contributed by atoms with van der Waals surface area (Å²) in [5.74, 6) is -0.403. The molecule has 0 heterocycles. The maximum absolute atomic E-state index is 11.7. The number of hydrogen-bond donors (Lipinski definition) is 3. The van der Waals surface area contributed by atoms with Crippen molar-refractivity contribution in [3.63, 3.8) is 0 Å². The van der Waals surface area contributed by atoms with Gasteiger partial charge in [0.2, 0.25) is 5.91 Å². The number of alkyl carbamates (subject to hydrolysis) is 1. The number of nitrogen functional groups attached to an aromatic ring is 1. The second kappa shape index (κ2) is 7.43. The lowest BCUT2D eigenvalue weighted by Gasteiger charge is -2.19. The highest BCUT2D eigenvalue weighted by Gasteiger charge is 2.16. The van der Waals surface area contributed by atoms with Crippen molar-refractivity contribution in [2.24, 2.45) is 0 Å². The van der Waals surface area contributed by atoms with Crippen LogP contribution in [0.5, 0.6) is 0 Å². The molecule has 23 heavy (non-hydrogen) atoms. The first-order valence-electron chi connectivity index (χ1n) is 6.89. The Kier molecular flexibility index (Phi) is 5.88. The van der Waals surface area contributed by atoms with Gasteiger partial charge >= 0.3 is 6.09 Å². The summed E-state index contributed by atoms with van der Waals surface area (Å²) in [4.78, 5) is 33.3. The first-order valence-corrected chi connectivity index (χ1v) is 6.89. The molecule has 0 aliphatic carbocycles. The van der Waals surface area contributed by atoms with Crippen LogP contribution in [0.25, 0.3) is 0 Å². The predicted molar refractivity (Wildman–Crippen MR) is 85.0 cm³/mol. The Hall–Kier alpha value is -2.84. The number of nitrogens with zero attached hydrogens (tertiary/aromatic N) is 1. The molecular formula is C14H20N4O5. The summed E-state index contributed by atoms with van der Waals surface area (Å²) < 4.78 is 5.02. The number of hydrogen-bond acceptors (Lipinski definition) is 6. The van der Waals surface area contributed by atoms with Crippen LogP contribution in [0.15, 0.2) is 18.2 Å². The van der Waals surface area contributed by atoms with E-state index in [1.54, 1.807) is 20.8 Å². The van der Waals surface area contributed by atoms with Crippen LogP contribution in [0.1, 0.15) is 27.2 Å². The minimum atomic E-state index is -0.630. The number of nitro groups is 1. The fourth-order valence-corrected chi connectivity index (χ4v) is 1.60. The quantitative estimate of drug-likeness (QED) is 0.430. The smallest absolute Gasteiger partial charge is 0.407 e. The van der Waals surface area contributed by atoms with Gasteiger partial charge in [-0.05, 0) is 32.9 Å². The number of nitrogens with one attached hydrogen (secondary N) is 2. The fraction of sp³-hybridized carbons (Fsp3) is 0.429. The maximum Gasteiger partial charge on any atom is 0.407 e. The second-order valence-electron chi connectivity index (χ2n) is 5.76. The second-order valence-corrected chi connectivity index (χ2v) is 5.76. The first-order chi connectivity index (χ1) is 10.6. The lowest BCUT2D eigenvalue weighted by molar-refractivity contribution is -0.383. The van der Waals surface area contributed by atoms with E-state index >= 15 is 0 Å². The van der Waals surface area contributed by atoms with Crippen LogP contribution in [0.4, 0.5) is 21.9 Å². The molecule has 0 bridgehead atoms. The molecule has 126 valence electrons. The third-order valence-corrected chi connectivity index (χ3v) is 2.53. The monoisotopic (exact) mass is 324 g/mol. The zero-order valence-electron chi connectivity index (χ0n) is 13.2. The molecule has 0 fully saturated rings. The van der Waals surface area contributed by atoms with E-state index < -0.39 is 22.5 Å². The van der Waals surface area contributed by atoms with Gasteiger partial charge in [-0.2, -0.15) is 0 Å². The molecule has 1 aromatic rings. The van der Waals surface area contributed by atoms with Gasteiger partial charge in [-0.1, -0.05) is 0 Å². The molecule has 9 heteroatoms. The summed E-state index contributed by atoms with van der Waals surface area (Å²) in [5, 5.41) is 15.7. The topological polar surface area (TPSA) is 137 Å². The zero-order valence-corrected chi connectivity index (χ0v) is 13.2. The van der Waals surface area contributed by atoms with Crippen molar-refractivity contribution in [2.75, 3.05) is 17.6 Å². The molecule has 0 saturated carbocycles. The number of nitrogens with two attached hydrogens (primary N) is 1. The third kappa shape index (κ3) is 6.64. The highest BCUT2D eigenvalue weighted by atomic mass is 16.6. The Bertz CT molecular complexity index is 610. The van der Waals surface area contributed by atoms with Crippen molar-refractivity contribution >= 4 is 29.1 Å². The van der Waals surface area contributed by atoms with E-state index in [1.165, 1.54) is 18.2 Å². The maximum atomic E-state index is 11.7. The Morgan fingerprint density at radius 2 is 2.00 bits per heavy atom. The number of amides is 2. The Morgan fingerprint density at radius 3 is 2.57 bits per heavy atom. The van der Waals surface area contributed by atoms with Crippen LogP contribution in [-0.2, 0) is 9.53 Å². The van der Waals surface area contributed by atoms with Gasteiger partial charge in [-0.25, -0.2) is 4.79 Å². The molecule has 0 atom stereocenters. The number of benzene rings is 1. The minimum absolute atomic E-state index is 0.00256. The van der Waals surface area contributed by atoms with E-state index in [4.69, 9.17) is 10.5 Å². The van der Waals surface area contributed by atoms with Crippen LogP contribution < -0.4 is 16.4 Å². The van der Waals surface area contributed by atoms with Crippen molar-refractivity contribution in [3.8, 4) is 0 Å². The Morgan fingerprint density at radius 1 is 1.35 bits per heavy atom. The van der Waals surface area contributed by atoms with E-state index in [1.807, 2.05) is 0 Å². The van der Waals surface area contributed by atoms with Crippen LogP contribution in [0.2, 0.25) is 0 Å². The van der Waals surface area contributed by atoms with E-state index in [0.29, 0.717) is 0 Å². The number of ether oxygens (including phenoxy) is 1. The van der Waals surface area contributed by atoms with Gasteiger partial charge in [0, 0.05) is 24.7 Å². The van der Waals surface area contributed by atoms with Crippen molar-refractivity contribution in [1.29, 1.82) is 0 Å². The molecule has 0 aliphatic heterocycles. The molecule has 0 unspecified atom stereocenters. The van der Waals surface area contributed by atoms with Gasteiger partial charge in [0.1, 0.15) is 11.3 Å². The summed E-state index contributed by atoms with van der Waals surface area (Å²) in [5.41, 5.74) is 4.84. The van der Waals surface area contributed by atoms with Crippen LogP contribution in [0, 0.1) is 10.1 Å². The van der Waals surface area contributed by atoms with Gasteiger partial charge < -0.3 is 21.1 Å². The Balaban J connectivity index is 2.47. The zero-order chi connectivity index (χ0) is 17.6. The average molecular weight is 324 g/mol. The molecule has 0 aliphatic rings. The molecule has 1 rings (SSSR count). The first kappa shape index (κ1) is 18.2. The van der Waals surface area contributed by atoms with Crippen molar-refractivity contribution in [2.45, 2.75) is 32.8 Å². The number of carbonyl (C=O) groups excluding carboxylic acids is 2. The summed E-state index contributed by atoms with van der Waals surface area (Å²) >= 11 is 0. The molecule has 0 spiro atoms. The van der Waals surface area contributed by atoms with E-state index in [-0.39, 0.29) is 30.0 Å². The standard InChI is InChI=1S/C14H20N4O5/c1-14(2,3)23-13(20)16-7-6-12(19)17-9-4-5-10(15)11(8-9)18(21)22/h4-5,8H,6-7,15H2,1-3H3,(H,16,20)(H,17,19). The minimum Gasteiger partial charge on any atom is -0.444 e. The SMILES string of the molecule is CC(C)(C)OC(=O)NCCC(=O)Nc1ccc(N)c([N+](=O)[O-])c1. The van der Waals surface area contributed by atoms with Gasteiger partial charge in [-0.3, -0.25) is 14.9 Å². The van der Waals surface area contributed by atoms with Gasteiger partial charge in [0.05, 0.1) is 4.92 Å². The van der Waals surface area contributed by atoms with Crippen LogP contribution in [0.3, 0.4) is 0 Å². The van der Waals surface area contributed by atoms with Gasteiger partial charge in [0.15, 0.2) is 0 Å². The summed E-state index contributed by atoms with van der Waals surface area (Å²) in [6.45, 7) is 5.27. The predicted octanol–water partition coefficient (Wildman–Crippen LogP) is 2.03. The highest BCUT2D eigenvalue weighted by Crippen LogP contribution is 2.24. The Labute approximate surface area is 133 Å². The summed E-state index contributed by atoms with van der Waals surface area (Å²) in [7, 11) is 0. The van der Waals surface area contributed by atoms with E-state index in [2.05, 4.69) is 10.6 Å².